The molecule has 2 heterocycles. The van der Waals surface area contributed by atoms with Crippen molar-refractivity contribution >= 4 is 23.0 Å². The first-order valence-corrected chi connectivity index (χ1v) is 7.35. The Morgan fingerprint density at radius 1 is 1.40 bits per heavy atom. The minimum Gasteiger partial charge on any atom is -0.489 e. The standard InChI is InChI=1S/C15H15NO3S/c1-10(13-6-3-9-20-13)16-7-8-19-14-11(15(17)18)4-2-5-12(14)16/h2-6,9-10H,7-8H2,1H3,(H,17,18). The van der Waals surface area contributed by atoms with Gasteiger partial charge in [-0.05, 0) is 30.5 Å². The molecule has 0 saturated carbocycles. The van der Waals surface area contributed by atoms with Crippen LogP contribution in [0.1, 0.15) is 28.2 Å². The van der Waals surface area contributed by atoms with E-state index in [1.165, 1.54) is 4.88 Å². The largest absolute Gasteiger partial charge is 0.489 e. The fourth-order valence-corrected chi connectivity index (χ4v) is 3.32. The van der Waals surface area contributed by atoms with Crippen molar-refractivity contribution in [2.24, 2.45) is 0 Å². The van der Waals surface area contributed by atoms with Crippen LogP contribution in [0.2, 0.25) is 0 Å². The maximum atomic E-state index is 11.3. The predicted molar refractivity (Wildman–Crippen MR) is 79.0 cm³/mol. The van der Waals surface area contributed by atoms with Gasteiger partial charge in [0, 0.05) is 4.88 Å². The highest BCUT2D eigenvalue weighted by Crippen LogP contribution is 2.39. The lowest BCUT2D eigenvalue weighted by atomic mass is 10.1. The van der Waals surface area contributed by atoms with Gasteiger partial charge in [-0.25, -0.2) is 4.79 Å². The quantitative estimate of drug-likeness (QED) is 0.940. The van der Waals surface area contributed by atoms with Crippen LogP contribution in [0.5, 0.6) is 5.75 Å². The Morgan fingerprint density at radius 3 is 2.95 bits per heavy atom. The summed E-state index contributed by atoms with van der Waals surface area (Å²) in [4.78, 5) is 14.7. The molecule has 4 nitrogen and oxygen atoms in total. The first-order chi connectivity index (χ1) is 9.68. The average Bonchev–Trinajstić information content (AvgIpc) is 2.99. The lowest BCUT2D eigenvalue weighted by Gasteiger charge is -2.36. The van der Waals surface area contributed by atoms with Crippen LogP contribution >= 0.6 is 11.3 Å². The third-order valence-corrected chi connectivity index (χ3v) is 4.58. The molecule has 1 aromatic carbocycles. The maximum absolute atomic E-state index is 11.3. The van der Waals surface area contributed by atoms with Crippen molar-refractivity contribution in [2.45, 2.75) is 13.0 Å². The SMILES string of the molecule is CC(c1cccs1)N1CCOc2c(C(=O)O)cccc21. The van der Waals surface area contributed by atoms with E-state index >= 15 is 0 Å². The van der Waals surface area contributed by atoms with E-state index in [2.05, 4.69) is 23.3 Å². The number of anilines is 1. The smallest absolute Gasteiger partial charge is 0.339 e. The minimum atomic E-state index is -0.951. The van der Waals surface area contributed by atoms with Crippen molar-refractivity contribution < 1.29 is 14.6 Å². The van der Waals surface area contributed by atoms with Crippen LogP contribution < -0.4 is 9.64 Å². The van der Waals surface area contributed by atoms with E-state index in [0.29, 0.717) is 12.4 Å². The molecule has 0 aliphatic carbocycles. The molecule has 3 rings (SSSR count). The average molecular weight is 289 g/mol. The van der Waals surface area contributed by atoms with Gasteiger partial charge in [0.25, 0.3) is 0 Å². The van der Waals surface area contributed by atoms with E-state index in [9.17, 15) is 9.90 Å². The van der Waals surface area contributed by atoms with Crippen molar-refractivity contribution in [3.63, 3.8) is 0 Å². The molecule has 1 aromatic heterocycles. The fraction of sp³-hybridized carbons (Fsp3) is 0.267. The number of hydrogen-bond donors (Lipinski definition) is 1. The molecule has 20 heavy (non-hydrogen) atoms. The van der Waals surface area contributed by atoms with Gasteiger partial charge < -0.3 is 14.7 Å². The first-order valence-electron chi connectivity index (χ1n) is 6.47. The van der Waals surface area contributed by atoms with Gasteiger partial charge in [-0.15, -0.1) is 11.3 Å². The highest BCUT2D eigenvalue weighted by atomic mass is 32.1. The molecule has 5 heteroatoms. The topological polar surface area (TPSA) is 49.8 Å². The number of para-hydroxylation sites is 1. The third kappa shape index (κ3) is 2.14. The second kappa shape index (κ2) is 5.17. The molecule has 1 aliphatic heterocycles. The first kappa shape index (κ1) is 13.0. The summed E-state index contributed by atoms with van der Waals surface area (Å²) in [6.07, 6.45) is 0. The molecule has 1 aliphatic rings. The molecule has 0 fully saturated rings. The Hall–Kier alpha value is -2.01. The van der Waals surface area contributed by atoms with Gasteiger partial charge in [-0.2, -0.15) is 0 Å². The van der Waals surface area contributed by atoms with Crippen LogP contribution in [0.4, 0.5) is 5.69 Å². The zero-order chi connectivity index (χ0) is 14.1. The number of thiophene rings is 1. The third-order valence-electron chi connectivity index (χ3n) is 3.54. The van der Waals surface area contributed by atoms with E-state index < -0.39 is 5.97 Å². The zero-order valence-electron chi connectivity index (χ0n) is 11.1. The summed E-state index contributed by atoms with van der Waals surface area (Å²) >= 11 is 1.71. The number of hydrogen-bond acceptors (Lipinski definition) is 4. The van der Waals surface area contributed by atoms with Gasteiger partial charge in [0.15, 0.2) is 5.75 Å². The summed E-state index contributed by atoms with van der Waals surface area (Å²) in [5, 5.41) is 11.3. The van der Waals surface area contributed by atoms with Crippen molar-refractivity contribution in [1.29, 1.82) is 0 Å². The number of carbonyl (C=O) groups is 1. The Morgan fingerprint density at radius 2 is 2.25 bits per heavy atom. The number of carboxylic acids is 1. The van der Waals surface area contributed by atoms with Crippen molar-refractivity contribution in [2.75, 3.05) is 18.1 Å². The molecule has 1 atom stereocenters. The Balaban J connectivity index is 2.02. The van der Waals surface area contributed by atoms with Gasteiger partial charge in [0.05, 0.1) is 18.3 Å². The Labute approximate surface area is 121 Å². The van der Waals surface area contributed by atoms with Gasteiger partial charge in [0.2, 0.25) is 0 Å². The van der Waals surface area contributed by atoms with Gasteiger partial charge in [-0.1, -0.05) is 12.1 Å². The predicted octanol–water partition coefficient (Wildman–Crippen LogP) is 3.41. The molecule has 0 saturated heterocycles. The van der Waals surface area contributed by atoms with Crippen molar-refractivity contribution in [3.05, 3.63) is 46.2 Å². The monoisotopic (exact) mass is 289 g/mol. The number of ether oxygens (including phenoxy) is 1. The summed E-state index contributed by atoms with van der Waals surface area (Å²) in [6.45, 7) is 3.40. The van der Waals surface area contributed by atoms with Crippen LogP contribution in [0.15, 0.2) is 35.7 Å². The van der Waals surface area contributed by atoms with E-state index in [1.54, 1.807) is 23.5 Å². The highest BCUT2D eigenvalue weighted by Gasteiger charge is 2.27. The van der Waals surface area contributed by atoms with Crippen molar-refractivity contribution in [1.82, 2.24) is 0 Å². The van der Waals surface area contributed by atoms with E-state index in [4.69, 9.17) is 4.74 Å². The van der Waals surface area contributed by atoms with Gasteiger partial charge in [-0.3, -0.25) is 0 Å². The van der Waals surface area contributed by atoms with Crippen LogP contribution in [-0.2, 0) is 0 Å². The van der Waals surface area contributed by atoms with E-state index in [1.807, 2.05) is 12.1 Å². The number of aromatic carboxylic acids is 1. The number of carboxylic acid groups (broad SMARTS) is 1. The second-order valence-electron chi connectivity index (χ2n) is 4.69. The van der Waals surface area contributed by atoms with E-state index in [-0.39, 0.29) is 11.6 Å². The van der Waals surface area contributed by atoms with Gasteiger partial charge in [0.1, 0.15) is 12.2 Å². The molecule has 104 valence electrons. The molecule has 0 spiro atoms. The molecular formula is C15H15NO3S. The number of nitrogens with zero attached hydrogens (tertiary/aromatic N) is 1. The summed E-state index contributed by atoms with van der Waals surface area (Å²) in [5.74, 6) is -0.470. The van der Waals surface area contributed by atoms with E-state index in [0.717, 1.165) is 12.2 Å². The van der Waals surface area contributed by atoms with Crippen molar-refractivity contribution in [3.8, 4) is 5.75 Å². The van der Waals surface area contributed by atoms with Crippen LogP contribution in [-0.4, -0.2) is 24.2 Å². The summed E-state index contributed by atoms with van der Waals surface area (Å²) in [6, 6.07) is 9.62. The molecule has 0 bridgehead atoms. The molecule has 1 N–H and O–H groups in total. The molecular weight excluding hydrogens is 274 g/mol. The summed E-state index contributed by atoms with van der Waals surface area (Å²) in [7, 11) is 0. The van der Waals surface area contributed by atoms with Crippen LogP contribution in [0.25, 0.3) is 0 Å². The van der Waals surface area contributed by atoms with Gasteiger partial charge >= 0.3 is 5.97 Å². The lowest BCUT2D eigenvalue weighted by molar-refractivity contribution is 0.0692. The summed E-state index contributed by atoms with van der Waals surface area (Å²) < 4.78 is 5.59. The summed E-state index contributed by atoms with van der Waals surface area (Å²) in [5.41, 5.74) is 1.09. The highest BCUT2D eigenvalue weighted by molar-refractivity contribution is 7.10. The van der Waals surface area contributed by atoms with Crippen LogP contribution in [0, 0.1) is 0 Å². The molecule has 0 radical (unpaired) electrons. The normalized spacial score (nSPS) is 15.3. The lowest BCUT2D eigenvalue weighted by Crippen LogP contribution is -2.35. The zero-order valence-corrected chi connectivity index (χ0v) is 11.9. The molecule has 2 aromatic rings. The number of rotatable bonds is 3. The fourth-order valence-electron chi connectivity index (χ4n) is 2.52. The van der Waals surface area contributed by atoms with Crippen LogP contribution in [0.3, 0.4) is 0 Å². The maximum Gasteiger partial charge on any atom is 0.339 e. The second-order valence-corrected chi connectivity index (χ2v) is 5.67. The molecule has 1 unspecified atom stereocenters. The number of benzene rings is 1. The Bertz CT molecular complexity index is 624. The number of fused-ring (bicyclic) bond motifs is 1. The minimum absolute atomic E-state index is 0.210. The molecule has 0 amide bonds. The Kier molecular flexibility index (Phi) is 3.36.